The lowest BCUT2D eigenvalue weighted by molar-refractivity contribution is -0.116. The summed E-state index contributed by atoms with van der Waals surface area (Å²) in [6.45, 7) is 3.21. The molecule has 34 heavy (non-hydrogen) atoms. The predicted octanol–water partition coefficient (Wildman–Crippen LogP) is 1.20. The second kappa shape index (κ2) is 8.98. The summed E-state index contributed by atoms with van der Waals surface area (Å²) in [5.74, 6) is 0.650. The third-order valence-electron chi connectivity index (χ3n) is 5.51. The highest BCUT2D eigenvalue weighted by Crippen LogP contribution is 2.34. The Hall–Kier alpha value is -3.00. The molecule has 0 bridgehead atoms. The number of nitrogens with one attached hydrogen (secondary N) is 1. The topological polar surface area (TPSA) is 129 Å². The Balaban J connectivity index is 1.43. The molecule has 1 amide bonds. The lowest BCUT2D eigenvalue weighted by atomic mass is 10.2. The van der Waals surface area contributed by atoms with Crippen molar-refractivity contribution in [1.29, 1.82) is 0 Å². The average Bonchev–Trinajstić information content (AvgIpc) is 3.19. The molecule has 13 heteroatoms. The molecular formula is C21H22N4O7S2. The molecule has 2 aliphatic rings. The van der Waals surface area contributed by atoms with Crippen LogP contribution in [0.15, 0.2) is 34.2 Å². The number of morpholine rings is 1. The number of carbonyl (C=O) groups is 1. The van der Waals surface area contributed by atoms with Gasteiger partial charge in [-0.3, -0.25) is 14.2 Å². The number of amides is 1. The number of anilines is 1. The van der Waals surface area contributed by atoms with Crippen LogP contribution >= 0.6 is 11.3 Å². The van der Waals surface area contributed by atoms with Gasteiger partial charge in [0.2, 0.25) is 15.9 Å². The number of hydrogen-bond acceptors (Lipinski definition) is 9. The van der Waals surface area contributed by atoms with Gasteiger partial charge in [-0.1, -0.05) is 0 Å². The molecule has 2 aliphatic heterocycles. The van der Waals surface area contributed by atoms with Crippen LogP contribution in [0.1, 0.15) is 4.88 Å². The van der Waals surface area contributed by atoms with Crippen LogP contribution in [0.25, 0.3) is 10.2 Å². The maximum Gasteiger partial charge on any atom is 0.263 e. The fourth-order valence-electron chi connectivity index (χ4n) is 3.93. The number of rotatable bonds is 5. The first-order chi connectivity index (χ1) is 16.3. The summed E-state index contributed by atoms with van der Waals surface area (Å²) in [5, 5.41) is 2.72. The van der Waals surface area contributed by atoms with E-state index in [1.165, 1.54) is 10.6 Å². The van der Waals surface area contributed by atoms with Gasteiger partial charge < -0.3 is 19.5 Å². The monoisotopic (exact) mass is 506 g/mol. The van der Waals surface area contributed by atoms with Crippen molar-refractivity contribution in [2.45, 2.75) is 18.4 Å². The van der Waals surface area contributed by atoms with Crippen LogP contribution in [0.4, 0.5) is 5.69 Å². The average molecular weight is 507 g/mol. The Morgan fingerprint density at radius 2 is 1.88 bits per heavy atom. The molecule has 0 aliphatic carbocycles. The maximum atomic E-state index is 13.3. The minimum absolute atomic E-state index is 0.00335. The van der Waals surface area contributed by atoms with Crippen molar-refractivity contribution in [1.82, 2.24) is 13.9 Å². The Morgan fingerprint density at radius 1 is 1.15 bits per heavy atom. The summed E-state index contributed by atoms with van der Waals surface area (Å²) in [7, 11) is -3.92. The molecule has 3 aromatic rings. The second-order valence-electron chi connectivity index (χ2n) is 7.77. The summed E-state index contributed by atoms with van der Waals surface area (Å²) in [5.41, 5.74) is -0.100. The highest BCUT2D eigenvalue weighted by Gasteiger charge is 2.32. The highest BCUT2D eigenvalue weighted by atomic mass is 32.2. The molecule has 0 atom stereocenters. The fourth-order valence-corrected chi connectivity index (χ4v) is 7.00. The summed E-state index contributed by atoms with van der Waals surface area (Å²) in [6.07, 6.45) is 1.26. The second-order valence-corrected chi connectivity index (χ2v) is 10.8. The molecule has 0 unspecified atom stereocenters. The van der Waals surface area contributed by atoms with Crippen molar-refractivity contribution >= 4 is 43.2 Å². The normalized spacial score (nSPS) is 16.5. The molecule has 1 aromatic carbocycles. The number of carbonyl (C=O) groups excluding carboxylic acids is 1. The number of thiophene rings is 1. The first-order valence-electron chi connectivity index (χ1n) is 10.6. The number of ether oxygens (including phenoxy) is 3. The number of fused-ring (bicyclic) bond motifs is 2. The van der Waals surface area contributed by atoms with Crippen molar-refractivity contribution in [3.8, 4) is 11.5 Å². The van der Waals surface area contributed by atoms with Gasteiger partial charge in [0.25, 0.3) is 5.56 Å². The Bertz CT molecular complexity index is 1420. The van der Waals surface area contributed by atoms with Gasteiger partial charge in [0.1, 0.15) is 29.5 Å². The first kappa shape index (κ1) is 22.8. The van der Waals surface area contributed by atoms with E-state index in [0.717, 1.165) is 15.9 Å². The maximum absolute atomic E-state index is 13.3. The van der Waals surface area contributed by atoms with E-state index in [9.17, 15) is 18.0 Å². The zero-order valence-electron chi connectivity index (χ0n) is 18.3. The molecule has 5 rings (SSSR count). The van der Waals surface area contributed by atoms with Gasteiger partial charge in [-0.15, -0.1) is 11.3 Å². The Labute approximate surface area is 198 Å². The Morgan fingerprint density at radius 3 is 2.65 bits per heavy atom. The smallest absolute Gasteiger partial charge is 0.263 e. The van der Waals surface area contributed by atoms with Gasteiger partial charge in [-0.25, -0.2) is 13.4 Å². The van der Waals surface area contributed by atoms with Gasteiger partial charge in [-0.2, -0.15) is 4.31 Å². The lowest BCUT2D eigenvalue weighted by Crippen LogP contribution is -2.41. The number of aryl methyl sites for hydroxylation is 1. The van der Waals surface area contributed by atoms with Gasteiger partial charge >= 0.3 is 0 Å². The van der Waals surface area contributed by atoms with Crippen LogP contribution in [0, 0.1) is 6.92 Å². The van der Waals surface area contributed by atoms with Gasteiger partial charge in [-0.05, 0) is 19.1 Å². The number of sulfonamides is 1. The molecule has 180 valence electrons. The van der Waals surface area contributed by atoms with Gasteiger partial charge in [0, 0.05) is 29.7 Å². The third kappa shape index (κ3) is 4.15. The number of benzene rings is 1. The van der Waals surface area contributed by atoms with E-state index in [1.807, 2.05) is 0 Å². The number of aromatic nitrogens is 2. The standard InChI is InChI=1S/C21H22N4O7S2/c1-13-19(34(28,29)25-4-6-30-7-5-25)18-20(33-13)22-12-24(21(18)27)11-17(26)23-14-2-3-15-16(10-14)32-9-8-31-15/h2-3,10,12H,4-9,11H2,1H3,(H,23,26). The molecule has 0 spiro atoms. The van der Waals surface area contributed by atoms with Crippen molar-refractivity contribution < 1.29 is 27.4 Å². The van der Waals surface area contributed by atoms with E-state index in [2.05, 4.69) is 10.3 Å². The zero-order chi connectivity index (χ0) is 23.9. The van der Waals surface area contributed by atoms with Crippen LogP contribution < -0.4 is 20.3 Å². The molecule has 1 fully saturated rings. The summed E-state index contributed by atoms with van der Waals surface area (Å²) in [4.78, 5) is 30.9. The van der Waals surface area contributed by atoms with Crippen molar-refractivity contribution in [2.75, 3.05) is 44.8 Å². The summed E-state index contributed by atoms with van der Waals surface area (Å²) >= 11 is 1.14. The van der Waals surface area contributed by atoms with E-state index in [4.69, 9.17) is 14.2 Å². The SMILES string of the molecule is Cc1sc2ncn(CC(=O)Nc3ccc4c(c3)OCCO4)c(=O)c2c1S(=O)(=O)N1CCOCC1. The summed E-state index contributed by atoms with van der Waals surface area (Å²) in [6, 6.07) is 5.01. The van der Waals surface area contributed by atoms with Crippen LogP contribution in [0.5, 0.6) is 11.5 Å². The molecule has 4 heterocycles. The molecule has 1 saturated heterocycles. The minimum atomic E-state index is -3.92. The minimum Gasteiger partial charge on any atom is -0.486 e. The number of nitrogens with zero attached hydrogens (tertiary/aromatic N) is 3. The first-order valence-corrected chi connectivity index (χ1v) is 12.9. The van der Waals surface area contributed by atoms with Crippen molar-refractivity contribution in [2.24, 2.45) is 0 Å². The van der Waals surface area contributed by atoms with Crippen LogP contribution in [0.3, 0.4) is 0 Å². The quantitative estimate of drug-likeness (QED) is 0.547. The fraction of sp³-hybridized carbons (Fsp3) is 0.381. The van der Waals surface area contributed by atoms with Crippen molar-refractivity contribution in [3.05, 3.63) is 39.8 Å². The van der Waals surface area contributed by atoms with Gasteiger partial charge in [0.05, 0.1) is 24.9 Å². The van der Waals surface area contributed by atoms with Crippen LogP contribution in [0.2, 0.25) is 0 Å². The molecule has 2 aromatic heterocycles. The molecular weight excluding hydrogens is 484 g/mol. The molecule has 11 nitrogen and oxygen atoms in total. The molecule has 1 N–H and O–H groups in total. The molecule has 0 radical (unpaired) electrons. The summed E-state index contributed by atoms with van der Waals surface area (Å²) < 4.78 is 45.3. The Kier molecular flexibility index (Phi) is 6.02. The highest BCUT2D eigenvalue weighted by molar-refractivity contribution is 7.89. The van der Waals surface area contributed by atoms with Crippen LogP contribution in [-0.2, 0) is 26.1 Å². The molecule has 0 saturated carbocycles. The van der Waals surface area contributed by atoms with E-state index in [1.54, 1.807) is 25.1 Å². The van der Waals surface area contributed by atoms with E-state index < -0.39 is 21.5 Å². The van der Waals surface area contributed by atoms with Crippen molar-refractivity contribution in [3.63, 3.8) is 0 Å². The van der Waals surface area contributed by atoms with Gasteiger partial charge in [0.15, 0.2) is 11.5 Å². The number of hydrogen-bond donors (Lipinski definition) is 1. The van der Waals surface area contributed by atoms with E-state index >= 15 is 0 Å². The lowest BCUT2D eigenvalue weighted by Gasteiger charge is -2.26. The largest absolute Gasteiger partial charge is 0.486 e. The zero-order valence-corrected chi connectivity index (χ0v) is 19.9. The van der Waals surface area contributed by atoms with E-state index in [0.29, 0.717) is 53.3 Å². The predicted molar refractivity (Wildman–Crippen MR) is 124 cm³/mol. The third-order valence-corrected chi connectivity index (χ3v) is 8.72. The van der Waals surface area contributed by atoms with Crippen LogP contribution in [-0.4, -0.2) is 67.7 Å². The van der Waals surface area contributed by atoms with E-state index in [-0.39, 0.29) is 29.9 Å².